The summed E-state index contributed by atoms with van der Waals surface area (Å²) in [6, 6.07) is 11.5. The molecule has 0 radical (unpaired) electrons. The molecule has 23 heavy (non-hydrogen) atoms. The molecule has 1 atom stereocenters. The van der Waals surface area contributed by atoms with Crippen LogP contribution in [-0.2, 0) is 9.79 Å². The minimum Gasteiger partial charge on any atom is -0.508 e. The Hall–Kier alpha value is -2.51. The molecule has 6 nitrogen and oxygen atoms in total. The van der Waals surface area contributed by atoms with E-state index in [1.807, 2.05) is 12.1 Å². The van der Waals surface area contributed by atoms with Gasteiger partial charge in [0.15, 0.2) is 0 Å². The van der Waals surface area contributed by atoms with Gasteiger partial charge in [0.1, 0.15) is 16.5 Å². The quantitative estimate of drug-likeness (QED) is 0.885. The first kappa shape index (κ1) is 14.1. The van der Waals surface area contributed by atoms with Gasteiger partial charge in [-0.15, -0.1) is 0 Å². The van der Waals surface area contributed by atoms with Crippen LogP contribution in [0.2, 0.25) is 0 Å². The van der Waals surface area contributed by atoms with Crippen molar-refractivity contribution in [2.75, 3.05) is 7.11 Å². The van der Waals surface area contributed by atoms with Gasteiger partial charge in [-0.2, -0.15) is 10.1 Å². The van der Waals surface area contributed by atoms with Crippen molar-refractivity contribution in [3.63, 3.8) is 0 Å². The number of phenolic OH excluding ortho intramolecular Hbond substituents is 2. The van der Waals surface area contributed by atoms with Crippen molar-refractivity contribution in [2.24, 2.45) is 5.10 Å². The first-order valence-corrected chi connectivity index (χ1v) is 7.67. The van der Waals surface area contributed by atoms with Crippen molar-refractivity contribution >= 4 is 22.7 Å². The van der Waals surface area contributed by atoms with Crippen molar-refractivity contribution in [1.82, 2.24) is 5.01 Å². The molecule has 1 unspecified atom stereocenters. The third-order valence-electron chi connectivity index (χ3n) is 3.88. The van der Waals surface area contributed by atoms with Crippen LogP contribution in [0.25, 0.3) is 0 Å². The molecule has 0 aliphatic carbocycles. The Balaban J connectivity index is 1.83. The summed E-state index contributed by atoms with van der Waals surface area (Å²) in [5.41, 5.74) is 1.72. The molecule has 0 aromatic heterocycles. The number of thioether (sulfide) groups is 1. The maximum absolute atomic E-state index is 12.6. The second-order valence-corrected chi connectivity index (χ2v) is 6.30. The van der Waals surface area contributed by atoms with Gasteiger partial charge in [0.05, 0.1) is 11.1 Å². The summed E-state index contributed by atoms with van der Waals surface area (Å²) >= 11 is 1.24. The smallest absolute Gasteiger partial charge is 0.278 e. The van der Waals surface area contributed by atoms with Crippen LogP contribution in [0.15, 0.2) is 47.6 Å². The van der Waals surface area contributed by atoms with E-state index in [1.165, 1.54) is 36.0 Å². The number of rotatable bonds is 2. The third-order valence-corrected chi connectivity index (χ3v) is 5.21. The molecule has 1 amide bonds. The lowest BCUT2D eigenvalue weighted by atomic mass is 10.1. The lowest BCUT2D eigenvalue weighted by Crippen LogP contribution is -2.35. The van der Waals surface area contributed by atoms with E-state index < -0.39 is 5.06 Å². The Morgan fingerprint density at radius 1 is 1.17 bits per heavy atom. The van der Waals surface area contributed by atoms with Gasteiger partial charge in [0.25, 0.3) is 5.91 Å². The number of nitrogens with zero attached hydrogens (tertiary/aromatic N) is 2. The standard InChI is InChI=1S/C16H12N2O4S/c1-22-16-12-5-3-2-4-10(12)15(21)18(16)17-14(23-16)11-7-6-9(19)8-13(11)20/h2-8,19-20H,1H3. The second-order valence-electron chi connectivity index (χ2n) is 5.16. The molecule has 2 aliphatic heterocycles. The van der Waals surface area contributed by atoms with Gasteiger partial charge in [-0.25, -0.2) is 0 Å². The first-order valence-electron chi connectivity index (χ1n) is 6.86. The van der Waals surface area contributed by atoms with E-state index in [4.69, 9.17) is 4.74 Å². The Morgan fingerprint density at radius 2 is 1.96 bits per heavy atom. The first-order chi connectivity index (χ1) is 11.1. The fourth-order valence-electron chi connectivity index (χ4n) is 2.81. The molecular weight excluding hydrogens is 316 g/mol. The minimum absolute atomic E-state index is 0.0433. The predicted molar refractivity (Wildman–Crippen MR) is 85.2 cm³/mol. The highest BCUT2D eigenvalue weighted by Crippen LogP contribution is 2.53. The van der Waals surface area contributed by atoms with E-state index in [0.717, 1.165) is 5.56 Å². The average Bonchev–Trinajstić information content (AvgIpc) is 3.03. The molecule has 0 saturated carbocycles. The molecule has 0 fully saturated rings. The molecule has 116 valence electrons. The molecule has 7 heteroatoms. The van der Waals surface area contributed by atoms with E-state index in [0.29, 0.717) is 16.2 Å². The Kier molecular flexibility index (Phi) is 2.91. The normalized spacial score (nSPS) is 22.0. The Bertz CT molecular complexity index is 867. The summed E-state index contributed by atoms with van der Waals surface area (Å²) in [4.78, 5) is 12.6. The number of hydrogen-bond acceptors (Lipinski definition) is 6. The van der Waals surface area contributed by atoms with Gasteiger partial charge in [0.2, 0.25) is 5.06 Å². The highest BCUT2D eigenvalue weighted by atomic mass is 32.2. The number of methoxy groups -OCH3 is 1. The van der Waals surface area contributed by atoms with Crippen LogP contribution in [-0.4, -0.2) is 33.3 Å². The monoisotopic (exact) mass is 328 g/mol. The minimum atomic E-state index is -1.06. The number of ether oxygens (including phenoxy) is 1. The molecule has 0 saturated heterocycles. The molecule has 0 spiro atoms. The van der Waals surface area contributed by atoms with Crippen molar-refractivity contribution in [2.45, 2.75) is 5.06 Å². The second kappa shape index (κ2) is 4.74. The van der Waals surface area contributed by atoms with Crippen LogP contribution in [0.3, 0.4) is 0 Å². The number of phenols is 2. The van der Waals surface area contributed by atoms with Gasteiger partial charge in [0, 0.05) is 18.7 Å². The number of amides is 1. The fourth-order valence-corrected chi connectivity index (χ4v) is 4.06. The zero-order chi connectivity index (χ0) is 16.2. The summed E-state index contributed by atoms with van der Waals surface area (Å²) in [5, 5.41) is 24.5. The SMILES string of the molecule is COC12SC(c3ccc(O)cc3O)=NN1C(=O)c1ccccc12. The molecule has 2 aromatic carbocycles. The zero-order valence-corrected chi connectivity index (χ0v) is 12.9. The van der Waals surface area contributed by atoms with Crippen molar-refractivity contribution in [1.29, 1.82) is 0 Å². The zero-order valence-electron chi connectivity index (χ0n) is 12.1. The summed E-state index contributed by atoms with van der Waals surface area (Å²) < 4.78 is 5.66. The number of carbonyl (C=O) groups is 1. The van der Waals surface area contributed by atoms with E-state index >= 15 is 0 Å². The van der Waals surface area contributed by atoms with Gasteiger partial charge in [-0.05, 0) is 30.0 Å². The number of benzene rings is 2. The molecular formula is C16H12N2O4S. The number of aromatic hydroxyl groups is 2. The van der Waals surface area contributed by atoms with Gasteiger partial charge in [-0.1, -0.05) is 18.2 Å². The number of hydrazone groups is 1. The topological polar surface area (TPSA) is 82.4 Å². The van der Waals surface area contributed by atoms with E-state index in [9.17, 15) is 15.0 Å². The van der Waals surface area contributed by atoms with Crippen LogP contribution < -0.4 is 0 Å². The third kappa shape index (κ3) is 1.80. The van der Waals surface area contributed by atoms with Crippen molar-refractivity contribution < 1.29 is 19.7 Å². The number of hydrogen-bond donors (Lipinski definition) is 2. The van der Waals surface area contributed by atoms with Crippen LogP contribution in [0.1, 0.15) is 21.5 Å². The largest absolute Gasteiger partial charge is 0.508 e. The van der Waals surface area contributed by atoms with Gasteiger partial charge in [-0.3, -0.25) is 4.79 Å². The van der Waals surface area contributed by atoms with Crippen molar-refractivity contribution in [3.8, 4) is 11.5 Å². The number of fused-ring (bicyclic) bond motifs is 3. The lowest BCUT2D eigenvalue weighted by molar-refractivity contribution is -0.0363. The molecule has 4 rings (SSSR count). The molecule has 2 heterocycles. The maximum Gasteiger partial charge on any atom is 0.278 e. The van der Waals surface area contributed by atoms with Crippen LogP contribution in [0, 0.1) is 0 Å². The van der Waals surface area contributed by atoms with Crippen molar-refractivity contribution in [3.05, 3.63) is 59.2 Å². The summed E-state index contributed by atoms with van der Waals surface area (Å²) in [6.07, 6.45) is 0. The Morgan fingerprint density at radius 3 is 2.70 bits per heavy atom. The van der Waals surface area contributed by atoms with Crippen LogP contribution >= 0.6 is 11.8 Å². The predicted octanol–water partition coefficient (Wildman–Crippen LogP) is 2.42. The van der Waals surface area contributed by atoms with E-state index in [-0.39, 0.29) is 17.4 Å². The van der Waals surface area contributed by atoms with Crippen LogP contribution in [0.4, 0.5) is 0 Å². The fraction of sp³-hybridized carbons (Fsp3) is 0.125. The molecule has 2 aromatic rings. The average molecular weight is 328 g/mol. The van der Waals surface area contributed by atoms with E-state index in [1.54, 1.807) is 18.2 Å². The highest BCUT2D eigenvalue weighted by Gasteiger charge is 2.56. The summed E-state index contributed by atoms with van der Waals surface area (Å²) in [6.45, 7) is 0. The molecule has 2 aliphatic rings. The Labute approximate surface area is 136 Å². The molecule has 2 N–H and O–H groups in total. The summed E-state index contributed by atoms with van der Waals surface area (Å²) in [5.74, 6) is -0.397. The van der Waals surface area contributed by atoms with Gasteiger partial charge >= 0.3 is 0 Å². The highest BCUT2D eigenvalue weighted by molar-refractivity contribution is 8.15. The maximum atomic E-state index is 12.6. The van der Waals surface area contributed by atoms with E-state index in [2.05, 4.69) is 5.10 Å². The van der Waals surface area contributed by atoms with Gasteiger partial charge < -0.3 is 14.9 Å². The lowest BCUT2D eigenvalue weighted by Gasteiger charge is -2.27. The summed E-state index contributed by atoms with van der Waals surface area (Å²) in [7, 11) is 1.52. The molecule has 0 bridgehead atoms. The van der Waals surface area contributed by atoms with Crippen LogP contribution in [0.5, 0.6) is 11.5 Å². The number of carbonyl (C=O) groups excluding carboxylic acids is 1.